The van der Waals surface area contributed by atoms with Crippen LogP contribution in [0, 0.1) is 11.3 Å². The molecule has 2 rings (SSSR count). The number of phenolic OH excluding ortho intramolecular Hbond substituents is 1. The lowest BCUT2D eigenvalue weighted by Gasteiger charge is -2.36. The summed E-state index contributed by atoms with van der Waals surface area (Å²) in [6.45, 7) is 6.19. The average molecular weight is 297 g/mol. The van der Waals surface area contributed by atoms with Crippen molar-refractivity contribution >= 4 is 12.4 Å². The van der Waals surface area contributed by atoms with Gasteiger partial charge in [-0.1, -0.05) is 6.07 Å². The second-order valence-electron chi connectivity index (χ2n) is 6.12. The fourth-order valence-corrected chi connectivity index (χ4v) is 2.70. The van der Waals surface area contributed by atoms with Crippen molar-refractivity contribution in [2.24, 2.45) is 0 Å². The van der Waals surface area contributed by atoms with Gasteiger partial charge in [-0.25, -0.2) is 0 Å². The quantitative estimate of drug-likeness (QED) is 0.744. The Morgan fingerprint density at radius 1 is 1.35 bits per heavy atom. The van der Waals surface area contributed by atoms with Crippen LogP contribution in [0.3, 0.4) is 0 Å². The fraction of sp³-hybridized carbons (Fsp3) is 0.533. The average Bonchev–Trinajstić information content (AvgIpc) is 2.31. The van der Waals surface area contributed by atoms with Gasteiger partial charge in [-0.2, -0.15) is 5.26 Å². The van der Waals surface area contributed by atoms with Gasteiger partial charge in [0.1, 0.15) is 11.8 Å². The van der Waals surface area contributed by atoms with Crippen LogP contribution in [0.1, 0.15) is 50.0 Å². The number of aliphatic hydroxyl groups is 1. The van der Waals surface area contributed by atoms with Crippen molar-refractivity contribution in [1.82, 2.24) is 5.32 Å². The first-order valence-corrected chi connectivity index (χ1v) is 6.54. The molecule has 2 atom stereocenters. The molecule has 0 amide bonds. The highest BCUT2D eigenvalue weighted by Gasteiger charge is 2.32. The molecule has 0 fully saturated rings. The molecule has 0 saturated carbocycles. The van der Waals surface area contributed by atoms with Gasteiger partial charge in [-0.05, 0) is 50.8 Å². The third kappa shape index (κ3) is 3.24. The van der Waals surface area contributed by atoms with E-state index in [1.54, 1.807) is 6.07 Å². The topological polar surface area (TPSA) is 76.3 Å². The summed E-state index contributed by atoms with van der Waals surface area (Å²) in [6, 6.07) is 5.20. The first kappa shape index (κ1) is 16.8. The molecular weight excluding hydrogens is 276 g/mol. The summed E-state index contributed by atoms with van der Waals surface area (Å²) in [5.74, 6) is -0.00400. The third-order valence-corrected chi connectivity index (χ3v) is 3.46. The second kappa shape index (κ2) is 6.01. The molecule has 4 nitrogen and oxygen atoms in total. The normalized spacial score (nSPS) is 21.6. The molecule has 1 aromatic carbocycles. The molecule has 3 N–H and O–H groups in total. The van der Waals surface area contributed by atoms with Crippen molar-refractivity contribution in [2.45, 2.75) is 51.3 Å². The molecule has 1 aliphatic carbocycles. The zero-order valence-electron chi connectivity index (χ0n) is 12.0. The zero-order chi connectivity index (χ0) is 14.2. The van der Waals surface area contributed by atoms with E-state index in [2.05, 4.69) is 26.1 Å². The number of aromatic hydroxyl groups is 1. The number of halogens is 1. The van der Waals surface area contributed by atoms with Gasteiger partial charge in [0.05, 0.1) is 11.7 Å². The summed E-state index contributed by atoms with van der Waals surface area (Å²) < 4.78 is 0. The van der Waals surface area contributed by atoms with Crippen molar-refractivity contribution in [3.05, 3.63) is 28.8 Å². The number of nitrogens with zero attached hydrogens (tertiary/aromatic N) is 1. The van der Waals surface area contributed by atoms with E-state index in [4.69, 9.17) is 5.26 Å². The minimum absolute atomic E-state index is 0. The van der Waals surface area contributed by atoms with Crippen LogP contribution in [0.15, 0.2) is 12.1 Å². The third-order valence-electron chi connectivity index (χ3n) is 3.46. The smallest absolute Gasteiger partial charge is 0.133 e. The van der Waals surface area contributed by atoms with Gasteiger partial charge in [-0.3, -0.25) is 0 Å². The number of rotatable bonds is 1. The van der Waals surface area contributed by atoms with Gasteiger partial charge in [0.15, 0.2) is 0 Å². The molecule has 0 heterocycles. The first-order valence-electron chi connectivity index (χ1n) is 6.54. The van der Waals surface area contributed by atoms with Crippen molar-refractivity contribution in [2.75, 3.05) is 0 Å². The molecule has 0 spiro atoms. The maximum absolute atomic E-state index is 10.4. The molecule has 5 heteroatoms. The van der Waals surface area contributed by atoms with Gasteiger partial charge >= 0.3 is 0 Å². The number of nitrogens with one attached hydrogen (secondary N) is 1. The number of aliphatic hydroxyl groups excluding tert-OH is 1. The van der Waals surface area contributed by atoms with Crippen molar-refractivity contribution in [1.29, 1.82) is 5.26 Å². The van der Waals surface area contributed by atoms with E-state index in [-0.39, 0.29) is 29.7 Å². The van der Waals surface area contributed by atoms with E-state index in [1.165, 1.54) is 6.07 Å². The number of hydrogen-bond donors (Lipinski definition) is 3. The van der Waals surface area contributed by atoms with Gasteiger partial charge in [-0.15, -0.1) is 12.4 Å². The highest BCUT2D eigenvalue weighted by atomic mass is 35.5. The number of benzene rings is 1. The summed E-state index contributed by atoms with van der Waals surface area (Å²) in [4.78, 5) is 0. The molecule has 1 aliphatic rings. The summed E-state index contributed by atoms with van der Waals surface area (Å²) in [7, 11) is 0. The van der Waals surface area contributed by atoms with Crippen LogP contribution in [-0.2, 0) is 6.42 Å². The Hall–Kier alpha value is -1.28. The minimum Gasteiger partial charge on any atom is -0.507 e. The summed E-state index contributed by atoms with van der Waals surface area (Å²) >= 11 is 0. The fourth-order valence-electron chi connectivity index (χ4n) is 2.70. The predicted molar refractivity (Wildman–Crippen MR) is 80.0 cm³/mol. The van der Waals surface area contributed by atoms with E-state index < -0.39 is 6.10 Å². The van der Waals surface area contributed by atoms with Crippen LogP contribution in [0.4, 0.5) is 0 Å². The molecule has 0 aliphatic heterocycles. The molecule has 0 aromatic heterocycles. The van der Waals surface area contributed by atoms with E-state index in [1.807, 2.05) is 6.07 Å². The molecule has 0 saturated heterocycles. The lowest BCUT2D eigenvalue weighted by molar-refractivity contribution is 0.0999. The Morgan fingerprint density at radius 3 is 2.55 bits per heavy atom. The standard InChI is InChI=1S/C15H20N2O2.ClH/c1-15(2,3)17-12-6-4-9-10(14(12)19)5-7-13(18)11(9)8-16;/h5,7,12,14,17-19H,4,6H2,1-3H3;1H/t12-,14+;/m0./s1. The summed E-state index contributed by atoms with van der Waals surface area (Å²) in [5.41, 5.74) is 1.76. The van der Waals surface area contributed by atoms with Gasteiger partial charge < -0.3 is 15.5 Å². The van der Waals surface area contributed by atoms with Crippen LogP contribution in [-0.4, -0.2) is 21.8 Å². The molecule has 20 heavy (non-hydrogen) atoms. The van der Waals surface area contributed by atoms with E-state index in [0.717, 1.165) is 17.5 Å². The SMILES string of the molecule is CC(C)(C)N[C@H]1CCc2c(ccc(O)c2C#N)[C@H]1O.Cl. The van der Waals surface area contributed by atoms with E-state index in [0.29, 0.717) is 12.0 Å². The van der Waals surface area contributed by atoms with Crippen LogP contribution < -0.4 is 5.32 Å². The molecule has 0 unspecified atom stereocenters. The van der Waals surface area contributed by atoms with Crippen molar-refractivity contribution < 1.29 is 10.2 Å². The Balaban J connectivity index is 0.00000200. The highest BCUT2D eigenvalue weighted by Crippen LogP contribution is 2.35. The first-order chi connectivity index (χ1) is 8.83. The van der Waals surface area contributed by atoms with Crippen molar-refractivity contribution in [3.63, 3.8) is 0 Å². The zero-order valence-corrected chi connectivity index (χ0v) is 12.8. The summed E-state index contributed by atoms with van der Waals surface area (Å²) in [6.07, 6.45) is 0.803. The van der Waals surface area contributed by atoms with Crippen molar-refractivity contribution in [3.8, 4) is 11.8 Å². The molecule has 0 radical (unpaired) electrons. The Kier molecular flexibility index (Phi) is 5.04. The lowest BCUT2D eigenvalue weighted by atomic mass is 9.82. The Bertz CT molecular complexity index is 532. The largest absolute Gasteiger partial charge is 0.507 e. The summed E-state index contributed by atoms with van der Waals surface area (Å²) in [5, 5.41) is 32.6. The molecule has 1 aromatic rings. The van der Waals surface area contributed by atoms with Crippen LogP contribution in [0.2, 0.25) is 0 Å². The monoisotopic (exact) mass is 296 g/mol. The number of hydrogen-bond acceptors (Lipinski definition) is 4. The molecular formula is C15H21ClN2O2. The number of fused-ring (bicyclic) bond motifs is 1. The van der Waals surface area contributed by atoms with E-state index >= 15 is 0 Å². The molecule has 110 valence electrons. The van der Waals surface area contributed by atoms with Gasteiger partial charge in [0, 0.05) is 11.6 Å². The van der Waals surface area contributed by atoms with Crippen LogP contribution in [0.5, 0.6) is 5.75 Å². The molecule has 0 bridgehead atoms. The van der Waals surface area contributed by atoms with E-state index in [9.17, 15) is 10.2 Å². The maximum atomic E-state index is 10.4. The maximum Gasteiger partial charge on any atom is 0.133 e. The Morgan fingerprint density at radius 2 is 2.00 bits per heavy atom. The number of nitriles is 1. The minimum atomic E-state index is -0.643. The van der Waals surface area contributed by atoms with Gasteiger partial charge in [0.25, 0.3) is 0 Å². The predicted octanol–water partition coefficient (Wildman–Crippen LogP) is 2.42. The Labute approximate surface area is 125 Å². The van der Waals surface area contributed by atoms with Crippen LogP contribution >= 0.6 is 12.4 Å². The second-order valence-corrected chi connectivity index (χ2v) is 6.12. The lowest BCUT2D eigenvalue weighted by Crippen LogP contribution is -2.48. The highest BCUT2D eigenvalue weighted by molar-refractivity contribution is 5.85. The van der Waals surface area contributed by atoms with Gasteiger partial charge in [0.2, 0.25) is 0 Å². The van der Waals surface area contributed by atoms with Crippen LogP contribution in [0.25, 0.3) is 0 Å². The number of phenols is 1.